The van der Waals surface area contributed by atoms with Gasteiger partial charge in [-0.15, -0.1) is 15.3 Å². The summed E-state index contributed by atoms with van der Waals surface area (Å²) >= 11 is 0. The number of rotatable bonds is 9. The summed E-state index contributed by atoms with van der Waals surface area (Å²) in [5.74, 6) is 3.70. The third-order valence-electron chi connectivity index (χ3n) is 10.1. The van der Waals surface area contributed by atoms with E-state index in [0.29, 0.717) is 103 Å². The van der Waals surface area contributed by atoms with Crippen LogP contribution >= 0.6 is 0 Å². The fraction of sp³-hybridized carbons (Fsp3) is 0.688. The Balaban J connectivity index is 1.09. The van der Waals surface area contributed by atoms with E-state index in [9.17, 15) is 10.2 Å². The number of β-amino-alcohol motifs (C(OH)–C–C–N with tert-alkyl or cyclic N) is 2. The van der Waals surface area contributed by atoms with Crippen molar-refractivity contribution in [3.05, 3.63) is 23.0 Å². The zero-order valence-corrected chi connectivity index (χ0v) is 32.2. The van der Waals surface area contributed by atoms with Crippen molar-refractivity contribution in [1.82, 2.24) is 80.3 Å². The number of nitrogens with zero attached hydrogens (tertiary/aromatic N) is 20. The summed E-state index contributed by atoms with van der Waals surface area (Å²) in [6.07, 6.45) is 1.23. The van der Waals surface area contributed by atoms with Gasteiger partial charge in [0.05, 0.1) is 11.2 Å². The summed E-state index contributed by atoms with van der Waals surface area (Å²) in [5.41, 5.74) is 4.27. The van der Waals surface area contributed by atoms with Crippen LogP contribution in [0.3, 0.4) is 0 Å². The minimum Gasteiger partial charge on any atom is -0.455 e. The molecule has 0 radical (unpaired) electrons. The van der Waals surface area contributed by atoms with Gasteiger partial charge in [0.1, 0.15) is 30.6 Å². The smallest absolute Gasteiger partial charge is 0.184 e. The predicted octanol–water partition coefficient (Wildman–Crippen LogP) is 0.290. The standard InChI is InChI=1S/C32H47N20O2/c1-29(2,3)27-33-23(48-12-10-31(6,53)17-48)21-25(35-27)51(43-38-21)15-20-40-52(45-47(20)9)16-30(4,5)28-34-24(49-13-11-32(7,54)18-49)22-26(36-28)50(42-39-22)14-19-37-41-44-46(19)8/h53-54H,10-18H2,1-9H3/q-1/t31-,32+/m1/s1. The van der Waals surface area contributed by atoms with Gasteiger partial charge in [-0.05, 0) is 44.2 Å². The number of hydrazone groups is 1. The Bertz CT molecular complexity index is 2250. The second-order valence-corrected chi connectivity index (χ2v) is 16.9. The molecule has 0 aliphatic carbocycles. The van der Waals surface area contributed by atoms with Crippen LogP contribution in [0.2, 0.25) is 0 Å². The average molecular weight is 744 g/mol. The monoisotopic (exact) mass is 743 g/mol. The second-order valence-electron chi connectivity index (χ2n) is 16.9. The maximum atomic E-state index is 10.8. The van der Waals surface area contributed by atoms with Crippen LogP contribution in [0.4, 0.5) is 11.6 Å². The molecule has 0 saturated carbocycles. The highest BCUT2D eigenvalue weighted by molar-refractivity contribution is 5.87. The highest BCUT2D eigenvalue weighted by Gasteiger charge is 2.37. The number of hydrogen-bond donors (Lipinski definition) is 2. The maximum absolute atomic E-state index is 10.8. The molecule has 2 N–H and O–H groups in total. The van der Waals surface area contributed by atoms with Gasteiger partial charge in [-0.3, -0.25) is 0 Å². The van der Waals surface area contributed by atoms with E-state index in [1.54, 1.807) is 31.2 Å². The SMILES string of the molecule is CN1[N-]N(CC(C)(C)c2nc(N3CC[C@](C)(O)C3)c3nnn(Cc4nnnn4C)c3n2)N=C1Cn1nnc2c(N3CC[C@@](C)(O)C3)nc(C(C)(C)C)nc21. The Morgan fingerprint density at radius 2 is 1.28 bits per heavy atom. The van der Waals surface area contributed by atoms with Crippen molar-refractivity contribution in [1.29, 1.82) is 0 Å². The molecule has 0 bridgehead atoms. The van der Waals surface area contributed by atoms with Crippen LogP contribution in [-0.4, -0.2) is 147 Å². The first-order chi connectivity index (χ1) is 25.4. The molecule has 0 amide bonds. The topological polar surface area (TPSA) is 236 Å². The van der Waals surface area contributed by atoms with E-state index in [4.69, 9.17) is 30.6 Å². The summed E-state index contributed by atoms with van der Waals surface area (Å²) in [6, 6.07) is 0. The highest BCUT2D eigenvalue weighted by Crippen LogP contribution is 2.35. The van der Waals surface area contributed by atoms with Crippen LogP contribution in [0.5, 0.6) is 0 Å². The Kier molecular flexibility index (Phi) is 8.23. The van der Waals surface area contributed by atoms with Crippen LogP contribution < -0.4 is 9.80 Å². The number of aryl methyl sites for hydroxylation is 1. The van der Waals surface area contributed by atoms with Crippen LogP contribution in [-0.2, 0) is 31.0 Å². The van der Waals surface area contributed by atoms with Gasteiger partial charge in [-0.25, -0.2) is 34.0 Å². The van der Waals surface area contributed by atoms with E-state index in [1.165, 1.54) is 0 Å². The predicted molar refractivity (Wildman–Crippen MR) is 196 cm³/mol. The first kappa shape index (κ1) is 35.8. The molecule has 288 valence electrons. The third kappa shape index (κ3) is 6.61. The fourth-order valence-corrected chi connectivity index (χ4v) is 6.93. The van der Waals surface area contributed by atoms with Crippen LogP contribution in [0.15, 0.2) is 5.10 Å². The molecule has 3 aliphatic heterocycles. The Morgan fingerprint density at radius 1 is 0.722 bits per heavy atom. The van der Waals surface area contributed by atoms with Crippen molar-refractivity contribution >= 4 is 39.8 Å². The van der Waals surface area contributed by atoms with Crippen molar-refractivity contribution in [2.24, 2.45) is 12.1 Å². The van der Waals surface area contributed by atoms with E-state index in [0.717, 1.165) is 0 Å². The van der Waals surface area contributed by atoms with Gasteiger partial charge in [-0.2, -0.15) is 5.10 Å². The van der Waals surface area contributed by atoms with Crippen LogP contribution in [0, 0.1) is 0 Å². The molecule has 22 heteroatoms. The summed E-state index contributed by atoms with van der Waals surface area (Å²) in [7, 11) is 3.60. The molecule has 2 saturated heterocycles. The van der Waals surface area contributed by atoms with Crippen LogP contribution in [0.25, 0.3) is 27.9 Å². The lowest BCUT2D eigenvalue weighted by Gasteiger charge is -2.38. The number of hydrogen-bond acceptors (Lipinski definition) is 18. The van der Waals surface area contributed by atoms with Gasteiger partial charge < -0.3 is 35.7 Å². The van der Waals surface area contributed by atoms with Crippen LogP contribution in [0.1, 0.15) is 78.8 Å². The molecular weight excluding hydrogens is 696 g/mol. The van der Waals surface area contributed by atoms with Crippen molar-refractivity contribution < 1.29 is 10.2 Å². The van der Waals surface area contributed by atoms with Crippen molar-refractivity contribution in [2.45, 2.75) is 96.4 Å². The molecule has 2 fully saturated rings. The first-order valence-electron chi connectivity index (χ1n) is 18.1. The molecule has 2 atom stereocenters. The van der Waals surface area contributed by atoms with Crippen molar-refractivity contribution in [3.8, 4) is 0 Å². The molecule has 0 aromatic carbocycles. The lowest BCUT2D eigenvalue weighted by Crippen LogP contribution is -2.35. The van der Waals surface area contributed by atoms with Gasteiger partial charge in [0.2, 0.25) is 0 Å². The number of likely N-dealkylation sites (N-methyl/N-ethyl adjacent to an activating group) is 1. The number of fused-ring (bicyclic) bond motifs is 2. The minimum atomic E-state index is -0.857. The van der Waals surface area contributed by atoms with Gasteiger partial charge in [0.15, 0.2) is 39.8 Å². The first-order valence-corrected chi connectivity index (χ1v) is 18.1. The number of anilines is 2. The third-order valence-corrected chi connectivity index (χ3v) is 10.1. The summed E-state index contributed by atoms with van der Waals surface area (Å²) in [4.78, 5) is 24.0. The molecule has 0 spiro atoms. The Labute approximate surface area is 311 Å². The molecule has 8 heterocycles. The van der Waals surface area contributed by atoms with E-state index in [1.807, 2.05) is 39.6 Å². The maximum Gasteiger partial charge on any atom is 0.184 e. The second kappa shape index (κ2) is 12.4. The molecule has 5 aromatic rings. The van der Waals surface area contributed by atoms with Gasteiger partial charge in [0, 0.05) is 50.6 Å². The Morgan fingerprint density at radius 3 is 1.80 bits per heavy atom. The lowest BCUT2D eigenvalue weighted by atomic mass is 9.92. The number of aromatic nitrogens is 14. The van der Waals surface area contributed by atoms with Crippen molar-refractivity contribution in [3.63, 3.8) is 0 Å². The van der Waals surface area contributed by atoms with E-state index in [-0.39, 0.29) is 18.5 Å². The zero-order valence-electron chi connectivity index (χ0n) is 32.2. The molecule has 5 aromatic heterocycles. The molecular formula is C32H47N20O2-. The molecule has 22 nitrogen and oxygen atoms in total. The van der Waals surface area contributed by atoms with Crippen molar-refractivity contribution in [2.75, 3.05) is 49.6 Å². The normalized spacial score (nSPS) is 22.5. The van der Waals surface area contributed by atoms with Gasteiger partial charge in [-0.1, -0.05) is 45.0 Å². The fourth-order valence-electron chi connectivity index (χ4n) is 6.93. The quantitative estimate of drug-likeness (QED) is 0.206. The zero-order chi connectivity index (χ0) is 38.4. The van der Waals surface area contributed by atoms with E-state index < -0.39 is 16.6 Å². The molecule has 54 heavy (non-hydrogen) atoms. The number of amidine groups is 1. The average Bonchev–Trinajstić information content (AvgIpc) is 3.94. The highest BCUT2D eigenvalue weighted by atomic mass is 16.3. The number of aliphatic hydroxyl groups is 2. The minimum absolute atomic E-state index is 0.257. The van der Waals surface area contributed by atoms with Gasteiger partial charge >= 0.3 is 0 Å². The summed E-state index contributed by atoms with van der Waals surface area (Å²) in [6.45, 7) is 16.9. The molecule has 0 unspecified atom stereocenters. The molecule has 3 aliphatic rings. The number of tetrazole rings is 1. The summed E-state index contributed by atoms with van der Waals surface area (Å²) < 4.78 is 4.97. The molecule has 8 rings (SSSR count). The van der Waals surface area contributed by atoms with Gasteiger partial charge in [0.25, 0.3) is 0 Å². The van der Waals surface area contributed by atoms with E-state index in [2.05, 4.69) is 61.8 Å². The lowest BCUT2D eigenvalue weighted by molar-refractivity contribution is 0.0833. The summed E-state index contributed by atoms with van der Waals surface area (Å²) in [5, 5.41) is 59.5. The largest absolute Gasteiger partial charge is 0.455 e. The Hall–Kier alpha value is -5.22. The van der Waals surface area contributed by atoms with E-state index >= 15 is 0 Å².